The molecule has 2 aliphatic rings. The molecule has 1 aromatic heterocycles. The summed E-state index contributed by atoms with van der Waals surface area (Å²) in [5, 5.41) is 25.7. The van der Waals surface area contributed by atoms with Gasteiger partial charge in [-0.15, -0.1) is 10.2 Å². The van der Waals surface area contributed by atoms with Crippen molar-refractivity contribution in [2.24, 2.45) is 4.99 Å². The number of hydrazine groups is 1. The minimum absolute atomic E-state index is 0.00495. The van der Waals surface area contributed by atoms with Gasteiger partial charge in [0.1, 0.15) is 5.84 Å². The summed E-state index contributed by atoms with van der Waals surface area (Å²) in [7, 11) is 0. The molecule has 2 aromatic carbocycles. The molecule has 0 bridgehead atoms. The van der Waals surface area contributed by atoms with Crippen molar-refractivity contribution in [3.63, 3.8) is 0 Å². The van der Waals surface area contributed by atoms with Crippen LogP contribution in [-0.4, -0.2) is 53.7 Å². The average molecular weight is 504 g/mol. The van der Waals surface area contributed by atoms with Crippen LogP contribution in [0, 0.1) is 0 Å². The Bertz CT molecular complexity index is 1340. The smallest absolute Gasteiger partial charge is 0.332 e. The molecule has 0 spiro atoms. The molecule has 3 aromatic rings. The van der Waals surface area contributed by atoms with E-state index in [9.17, 15) is 14.7 Å². The van der Waals surface area contributed by atoms with E-state index in [0.29, 0.717) is 43.0 Å². The van der Waals surface area contributed by atoms with Crippen molar-refractivity contribution in [2.75, 3.05) is 0 Å². The fraction of sp³-hybridized carbons (Fsp3) is 0.280. The standard InChI is InChI=1S/C25H25N7O3S/c1-2-21-23(26-24(33)19-8-5-9-20(19)25(34)35)32(31-36-21)14-15-10-12-16(13-11-15)17-6-3-4-7-18(17)22-27-29-30-28-22/h3-4,6-7,10-13,21,31H,2,5,8-9,14H2,1H3,(H,34,35)(H,27,28,29,30). The number of aromatic amines is 1. The van der Waals surface area contributed by atoms with E-state index < -0.39 is 11.9 Å². The van der Waals surface area contributed by atoms with E-state index in [2.05, 4.69) is 30.4 Å². The fourth-order valence-corrected chi connectivity index (χ4v) is 5.34. The molecule has 2 heterocycles. The number of aromatic nitrogens is 4. The number of hydrogen-bond donors (Lipinski definition) is 3. The molecule has 0 radical (unpaired) electrons. The number of amidine groups is 1. The van der Waals surface area contributed by atoms with E-state index in [4.69, 9.17) is 0 Å². The number of hydrogen-bond acceptors (Lipinski definition) is 7. The van der Waals surface area contributed by atoms with Crippen LogP contribution in [0.4, 0.5) is 0 Å². The third-order valence-corrected chi connectivity index (χ3v) is 7.46. The molecule has 3 N–H and O–H groups in total. The number of carboxylic acids is 1. The lowest BCUT2D eigenvalue weighted by molar-refractivity contribution is -0.133. The Labute approximate surface area is 212 Å². The van der Waals surface area contributed by atoms with Gasteiger partial charge >= 0.3 is 5.97 Å². The van der Waals surface area contributed by atoms with Gasteiger partial charge in [-0.2, -0.15) is 15.0 Å². The minimum Gasteiger partial charge on any atom is -0.478 e. The third-order valence-electron chi connectivity index (χ3n) is 6.31. The molecule has 1 aliphatic heterocycles. The maximum absolute atomic E-state index is 12.9. The highest BCUT2D eigenvalue weighted by Crippen LogP contribution is 2.31. The van der Waals surface area contributed by atoms with Gasteiger partial charge in [-0.05, 0) is 59.5 Å². The van der Waals surface area contributed by atoms with Crippen molar-refractivity contribution in [1.82, 2.24) is 30.5 Å². The first kappa shape index (κ1) is 23.9. The van der Waals surface area contributed by atoms with E-state index in [0.717, 1.165) is 28.7 Å². The summed E-state index contributed by atoms with van der Waals surface area (Å²) in [4.78, 5) is 32.1. The molecule has 1 aliphatic carbocycles. The number of carboxylic acid groups (broad SMARTS) is 1. The second-order valence-electron chi connectivity index (χ2n) is 8.56. The van der Waals surface area contributed by atoms with E-state index in [1.54, 1.807) is 0 Å². The van der Waals surface area contributed by atoms with Crippen LogP contribution in [0.25, 0.3) is 22.5 Å². The van der Waals surface area contributed by atoms with Crippen LogP contribution in [0.3, 0.4) is 0 Å². The first-order valence-electron chi connectivity index (χ1n) is 11.7. The number of aliphatic carboxylic acids is 1. The molecule has 1 saturated heterocycles. The summed E-state index contributed by atoms with van der Waals surface area (Å²) in [6, 6.07) is 16.0. The van der Waals surface area contributed by atoms with Gasteiger partial charge in [0.25, 0.3) is 5.91 Å². The van der Waals surface area contributed by atoms with Crippen molar-refractivity contribution >= 4 is 29.7 Å². The number of carbonyl (C=O) groups excluding carboxylic acids is 1. The van der Waals surface area contributed by atoms with Crippen LogP contribution in [0.2, 0.25) is 0 Å². The highest BCUT2D eigenvalue weighted by molar-refractivity contribution is 7.99. The topological polar surface area (TPSA) is 136 Å². The Hall–Kier alpha value is -3.83. The van der Waals surface area contributed by atoms with E-state index in [1.165, 1.54) is 11.9 Å². The van der Waals surface area contributed by atoms with Crippen molar-refractivity contribution < 1.29 is 14.7 Å². The normalized spacial score (nSPS) is 18.9. The van der Waals surface area contributed by atoms with Gasteiger partial charge in [0.05, 0.1) is 11.8 Å². The fourth-order valence-electron chi connectivity index (χ4n) is 4.48. The summed E-state index contributed by atoms with van der Waals surface area (Å²) in [5.41, 5.74) is 4.46. The van der Waals surface area contributed by atoms with E-state index >= 15 is 0 Å². The number of rotatable bonds is 7. The second kappa shape index (κ2) is 10.4. The van der Waals surface area contributed by atoms with Crippen LogP contribution in [0.5, 0.6) is 0 Å². The summed E-state index contributed by atoms with van der Waals surface area (Å²) >= 11 is 1.51. The molecule has 1 amide bonds. The van der Waals surface area contributed by atoms with Gasteiger partial charge in [-0.1, -0.05) is 55.5 Å². The lowest BCUT2D eigenvalue weighted by Gasteiger charge is -2.19. The lowest BCUT2D eigenvalue weighted by Crippen LogP contribution is -2.35. The SMILES string of the molecule is CCC1SNN(Cc2ccc(-c3ccccc3-c3nn[nH]n3)cc2)C1=NC(=O)C1=C(C(=O)O)CCC1. The average Bonchev–Trinajstić information content (AvgIpc) is 3.66. The molecule has 1 unspecified atom stereocenters. The molecule has 5 rings (SSSR count). The monoisotopic (exact) mass is 503 g/mol. The number of amides is 1. The van der Waals surface area contributed by atoms with Crippen molar-refractivity contribution in [2.45, 2.75) is 44.4 Å². The first-order chi connectivity index (χ1) is 17.5. The Kier molecular flexibility index (Phi) is 6.92. The second-order valence-corrected chi connectivity index (χ2v) is 9.55. The van der Waals surface area contributed by atoms with Gasteiger partial charge in [-0.25, -0.2) is 4.79 Å². The number of aliphatic imine (C=N–C) groups is 1. The van der Waals surface area contributed by atoms with Gasteiger partial charge in [0.15, 0.2) is 0 Å². The molecule has 184 valence electrons. The molecule has 10 nitrogen and oxygen atoms in total. The van der Waals surface area contributed by atoms with E-state index in [-0.39, 0.29) is 10.8 Å². The summed E-state index contributed by atoms with van der Waals surface area (Å²) in [6.07, 6.45) is 2.33. The molecular formula is C25H25N7O3S. The lowest BCUT2D eigenvalue weighted by atomic mass is 9.98. The molecule has 36 heavy (non-hydrogen) atoms. The Morgan fingerprint density at radius 2 is 1.86 bits per heavy atom. The summed E-state index contributed by atoms with van der Waals surface area (Å²) in [5.74, 6) is -0.309. The quantitative estimate of drug-likeness (QED) is 0.412. The number of H-pyrrole nitrogens is 1. The van der Waals surface area contributed by atoms with Crippen molar-refractivity contribution in [3.05, 3.63) is 65.2 Å². The van der Waals surface area contributed by atoms with Crippen molar-refractivity contribution in [3.8, 4) is 22.5 Å². The predicted octanol–water partition coefficient (Wildman–Crippen LogP) is 3.77. The highest BCUT2D eigenvalue weighted by atomic mass is 32.2. The van der Waals surface area contributed by atoms with Crippen LogP contribution in [0.15, 0.2) is 64.7 Å². The Morgan fingerprint density at radius 1 is 1.11 bits per heavy atom. The number of carbonyl (C=O) groups is 2. The van der Waals surface area contributed by atoms with E-state index in [1.807, 2.05) is 60.5 Å². The van der Waals surface area contributed by atoms with Crippen LogP contribution < -0.4 is 4.83 Å². The largest absolute Gasteiger partial charge is 0.478 e. The molecule has 0 saturated carbocycles. The van der Waals surface area contributed by atoms with Crippen LogP contribution >= 0.6 is 11.9 Å². The zero-order valence-electron chi connectivity index (χ0n) is 19.6. The molecular weight excluding hydrogens is 478 g/mol. The zero-order valence-corrected chi connectivity index (χ0v) is 20.5. The van der Waals surface area contributed by atoms with Gasteiger partial charge in [0.2, 0.25) is 5.82 Å². The van der Waals surface area contributed by atoms with Crippen LogP contribution in [-0.2, 0) is 16.1 Å². The molecule has 1 atom stereocenters. The predicted molar refractivity (Wildman–Crippen MR) is 136 cm³/mol. The Morgan fingerprint density at radius 3 is 2.56 bits per heavy atom. The van der Waals surface area contributed by atoms with Crippen LogP contribution in [0.1, 0.15) is 38.2 Å². The van der Waals surface area contributed by atoms with Gasteiger partial charge < -0.3 is 5.11 Å². The van der Waals surface area contributed by atoms with Gasteiger partial charge in [-0.3, -0.25) is 9.80 Å². The number of nitrogens with zero attached hydrogens (tertiary/aromatic N) is 5. The number of nitrogens with one attached hydrogen (secondary N) is 2. The molecule has 11 heteroatoms. The third kappa shape index (κ3) is 4.79. The molecule has 1 fully saturated rings. The van der Waals surface area contributed by atoms with Gasteiger partial charge in [0, 0.05) is 16.7 Å². The Balaban J connectivity index is 1.37. The number of tetrazole rings is 1. The first-order valence-corrected chi connectivity index (χ1v) is 12.6. The minimum atomic E-state index is -1.03. The maximum atomic E-state index is 12.9. The highest BCUT2D eigenvalue weighted by Gasteiger charge is 2.32. The summed E-state index contributed by atoms with van der Waals surface area (Å²) < 4.78 is 0. The number of benzene rings is 2. The maximum Gasteiger partial charge on any atom is 0.332 e. The van der Waals surface area contributed by atoms with Crippen molar-refractivity contribution in [1.29, 1.82) is 0 Å². The summed E-state index contributed by atoms with van der Waals surface area (Å²) in [6.45, 7) is 2.55. The zero-order chi connectivity index (χ0) is 25.1.